The van der Waals surface area contributed by atoms with Gasteiger partial charge in [0, 0.05) is 18.0 Å². The first kappa shape index (κ1) is 14.9. The highest BCUT2D eigenvalue weighted by Crippen LogP contribution is 2.29. The van der Waals surface area contributed by atoms with Gasteiger partial charge in [-0.25, -0.2) is 8.78 Å². The van der Waals surface area contributed by atoms with Crippen LogP contribution >= 0.6 is 0 Å². The van der Waals surface area contributed by atoms with Crippen molar-refractivity contribution >= 4 is 5.91 Å². The second kappa shape index (κ2) is 6.79. The Hall–Kier alpha value is -1.49. The highest BCUT2D eigenvalue weighted by atomic mass is 19.1. The quantitative estimate of drug-likeness (QED) is 0.890. The first-order chi connectivity index (χ1) is 9.61. The van der Waals surface area contributed by atoms with Crippen LogP contribution in [0.1, 0.15) is 31.2 Å². The Kier molecular flexibility index (Phi) is 5.06. The summed E-state index contributed by atoms with van der Waals surface area (Å²) in [7, 11) is 0. The number of rotatable bonds is 4. The smallest absolute Gasteiger partial charge is 0.223 e. The van der Waals surface area contributed by atoms with Gasteiger partial charge in [0.15, 0.2) is 0 Å². The van der Waals surface area contributed by atoms with Crippen molar-refractivity contribution in [2.75, 3.05) is 6.54 Å². The van der Waals surface area contributed by atoms with Gasteiger partial charge in [0.1, 0.15) is 11.6 Å². The number of benzene rings is 1. The van der Waals surface area contributed by atoms with E-state index in [1.54, 1.807) is 0 Å². The molecule has 1 amide bonds. The van der Waals surface area contributed by atoms with E-state index in [0.29, 0.717) is 6.54 Å². The van der Waals surface area contributed by atoms with Gasteiger partial charge in [0.25, 0.3) is 0 Å². The van der Waals surface area contributed by atoms with Crippen LogP contribution < -0.4 is 11.1 Å². The fourth-order valence-corrected chi connectivity index (χ4v) is 2.83. The first-order valence-electron chi connectivity index (χ1n) is 7.03. The number of carbonyl (C=O) groups is 1. The van der Waals surface area contributed by atoms with Crippen molar-refractivity contribution in [3.05, 3.63) is 35.4 Å². The minimum atomic E-state index is -0.509. The summed E-state index contributed by atoms with van der Waals surface area (Å²) in [6, 6.07) is 3.24. The Morgan fingerprint density at radius 2 is 2.05 bits per heavy atom. The van der Waals surface area contributed by atoms with E-state index < -0.39 is 11.6 Å². The second-order valence-corrected chi connectivity index (χ2v) is 5.34. The molecule has 0 bridgehead atoms. The lowest BCUT2D eigenvalue weighted by Gasteiger charge is -2.29. The first-order valence-corrected chi connectivity index (χ1v) is 7.03. The second-order valence-electron chi connectivity index (χ2n) is 5.34. The van der Waals surface area contributed by atoms with Crippen LogP contribution in [0.2, 0.25) is 0 Å². The maximum atomic E-state index is 13.5. The van der Waals surface area contributed by atoms with Crippen LogP contribution in [0.4, 0.5) is 8.78 Å². The van der Waals surface area contributed by atoms with Crippen LogP contribution in [0, 0.1) is 23.5 Å². The van der Waals surface area contributed by atoms with E-state index in [4.69, 9.17) is 5.73 Å². The monoisotopic (exact) mass is 282 g/mol. The van der Waals surface area contributed by atoms with Crippen LogP contribution in [0.15, 0.2) is 18.2 Å². The fourth-order valence-electron chi connectivity index (χ4n) is 2.83. The summed E-state index contributed by atoms with van der Waals surface area (Å²) in [5, 5.41) is 2.70. The molecular formula is C15H20F2N2O. The Morgan fingerprint density at radius 1 is 1.30 bits per heavy atom. The summed E-state index contributed by atoms with van der Waals surface area (Å²) in [6.07, 6.45) is 3.90. The molecule has 0 aliphatic heterocycles. The van der Waals surface area contributed by atoms with Crippen LogP contribution in [-0.4, -0.2) is 12.5 Å². The Labute approximate surface area is 117 Å². The van der Waals surface area contributed by atoms with Gasteiger partial charge in [-0.05, 0) is 43.5 Å². The van der Waals surface area contributed by atoms with Gasteiger partial charge in [-0.2, -0.15) is 0 Å². The molecule has 1 aliphatic rings. The van der Waals surface area contributed by atoms with Crippen LogP contribution in [0.3, 0.4) is 0 Å². The van der Waals surface area contributed by atoms with E-state index in [9.17, 15) is 13.6 Å². The predicted octanol–water partition coefficient (Wildman–Crippen LogP) is 2.35. The molecule has 1 aliphatic carbocycles. The molecule has 5 heteroatoms. The van der Waals surface area contributed by atoms with Crippen molar-refractivity contribution in [3.8, 4) is 0 Å². The summed E-state index contributed by atoms with van der Waals surface area (Å²) < 4.78 is 26.5. The summed E-state index contributed by atoms with van der Waals surface area (Å²) >= 11 is 0. The van der Waals surface area contributed by atoms with Crippen molar-refractivity contribution < 1.29 is 13.6 Å². The number of hydrogen-bond acceptors (Lipinski definition) is 2. The molecule has 1 aromatic rings. The highest BCUT2D eigenvalue weighted by molar-refractivity contribution is 5.79. The number of nitrogens with two attached hydrogens (primary N) is 1. The van der Waals surface area contributed by atoms with Crippen LogP contribution in [-0.2, 0) is 11.3 Å². The Balaban J connectivity index is 1.95. The molecule has 0 heterocycles. The third-order valence-corrected chi connectivity index (χ3v) is 4.01. The summed E-state index contributed by atoms with van der Waals surface area (Å²) in [5.74, 6) is -1.03. The van der Waals surface area contributed by atoms with Crippen LogP contribution in [0.25, 0.3) is 0 Å². The van der Waals surface area contributed by atoms with Crippen molar-refractivity contribution in [2.45, 2.75) is 32.2 Å². The molecule has 2 rings (SSSR count). The van der Waals surface area contributed by atoms with E-state index in [2.05, 4.69) is 5.32 Å². The SMILES string of the molecule is NCC1CCCCC1C(=O)NCc1cc(F)ccc1F. The zero-order chi connectivity index (χ0) is 14.5. The molecule has 2 unspecified atom stereocenters. The molecule has 20 heavy (non-hydrogen) atoms. The van der Waals surface area contributed by atoms with Gasteiger partial charge in [-0.3, -0.25) is 4.79 Å². The van der Waals surface area contributed by atoms with Crippen molar-refractivity contribution in [1.29, 1.82) is 0 Å². The van der Waals surface area contributed by atoms with E-state index in [1.807, 2.05) is 0 Å². The van der Waals surface area contributed by atoms with Gasteiger partial charge in [-0.1, -0.05) is 12.8 Å². The lowest BCUT2D eigenvalue weighted by Crippen LogP contribution is -2.39. The number of hydrogen-bond donors (Lipinski definition) is 2. The van der Waals surface area contributed by atoms with Gasteiger partial charge < -0.3 is 11.1 Å². The maximum Gasteiger partial charge on any atom is 0.223 e. The third kappa shape index (κ3) is 3.54. The standard InChI is InChI=1S/C15H20F2N2O/c16-12-5-6-14(17)11(7-12)9-19-15(20)13-4-2-1-3-10(13)8-18/h5-7,10,13H,1-4,8-9,18H2,(H,19,20). The van der Waals surface area contributed by atoms with Crippen molar-refractivity contribution in [2.24, 2.45) is 17.6 Å². The molecule has 0 spiro atoms. The average Bonchev–Trinajstić information content (AvgIpc) is 2.47. The topological polar surface area (TPSA) is 55.1 Å². The van der Waals surface area contributed by atoms with Gasteiger partial charge in [0.05, 0.1) is 0 Å². The van der Waals surface area contributed by atoms with E-state index in [-0.39, 0.29) is 29.9 Å². The van der Waals surface area contributed by atoms with E-state index in [0.717, 1.165) is 43.9 Å². The lowest BCUT2D eigenvalue weighted by atomic mass is 9.79. The number of nitrogens with one attached hydrogen (secondary N) is 1. The van der Waals surface area contributed by atoms with Gasteiger partial charge in [-0.15, -0.1) is 0 Å². The minimum absolute atomic E-state index is 0.0101. The highest BCUT2D eigenvalue weighted by Gasteiger charge is 2.29. The van der Waals surface area contributed by atoms with E-state index >= 15 is 0 Å². The molecule has 0 aromatic heterocycles. The largest absolute Gasteiger partial charge is 0.352 e. The molecule has 3 N–H and O–H groups in total. The predicted molar refractivity (Wildman–Crippen MR) is 72.7 cm³/mol. The number of amides is 1. The Morgan fingerprint density at radius 3 is 2.80 bits per heavy atom. The van der Waals surface area contributed by atoms with E-state index in [1.165, 1.54) is 0 Å². The summed E-state index contributed by atoms with van der Waals surface area (Å²) in [6.45, 7) is 0.503. The zero-order valence-corrected chi connectivity index (χ0v) is 11.4. The molecule has 0 saturated heterocycles. The molecule has 110 valence electrons. The van der Waals surface area contributed by atoms with Crippen LogP contribution in [0.5, 0.6) is 0 Å². The Bertz CT molecular complexity index is 479. The molecule has 1 saturated carbocycles. The molecule has 1 aromatic carbocycles. The molecular weight excluding hydrogens is 262 g/mol. The number of halogens is 2. The molecule has 0 radical (unpaired) electrons. The van der Waals surface area contributed by atoms with Crippen molar-refractivity contribution in [1.82, 2.24) is 5.32 Å². The average molecular weight is 282 g/mol. The summed E-state index contributed by atoms with van der Waals surface area (Å²) in [5.41, 5.74) is 5.86. The van der Waals surface area contributed by atoms with Gasteiger partial charge in [0.2, 0.25) is 5.91 Å². The fraction of sp³-hybridized carbons (Fsp3) is 0.533. The molecule has 1 fully saturated rings. The normalized spacial score (nSPS) is 22.6. The van der Waals surface area contributed by atoms with Crippen molar-refractivity contribution in [3.63, 3.8) is 0 Å². The maximum absolute atomic E-state index is 13.5. The minimum Gasteiger partial charge on any atom is -0.352 e. The lowest BCUT2D eigenvalue weighted by molar-refractivity contribution is -0.127. The zero-order valence-electron chi connectivity index (χ0n) is 11.4. The van der Waals surface area contributed by atoms with Gasteiger partial charge >= 0.3 is 0 Å². The number of carbonyl (C=O) groups excluding carboxylic acids is 1. The third-order valence-electron chi connectivity index (χ3n) is 4.01. The summed E-state index contributed by atoms with van der Waals surface area (Å²) in [4.78, 5) is 12.2. The molecule has 3 nitrogen and oxygen atoms in total. The molecule has 2 atom stereocenters.